The molecule has 0 aromatic heterocycles. The van der Waals surface area contributed by atoms with E-state index < -0.39 is 4.87 Å². The van der Waals surface area contributed by atoms with Gasteiger partial charge in [0.1, 0.15) is 5.04 Å². The van der Waals surface area contributed by atoms with Gasteiger partial charge in [-0.1, -0.05) is 66.4 Å². The zero-order valence-corrected chi connectivity index (χ0v) is 17.1. The molecule has 0 saturated carbocycles. The van der Waals surface area contributed by atoms with Gasteiger partial charge in [-0.2, -0.15) is 5.10 Å². The molecule has 2 aliphatic heterocycles. The second kappa shape index (κ2) is 5.97. The monoisotopic (exact) mass is 365 g/mol. The Labute approximate surface area is 175 Å². The number of para-hydroxylation sites is 1. The Kier molecular flexibility index (Phi) is 4.39. The van der Waals surface area contributed by atoms with Gasteiger partial charge in [0.15, 0.2) is 4.87 Å². The molecular weight excluding hydrogens is 356 g/mol. The summed E-state index contributed by atoms with van der Waals surface area (Å²) >= 11 is 1.42. The van der Waals surface area contributed by atoms with E-state index in [4.69, 9.17) is 0 Å². The van der Waals surface area contributed by atoms with Gasteiger partial charge in [-0.25, -0.2) is 0 Å². The Hall–Kier alpha value is -0.465. The van der Waals surface area contributed by atoms with E-state index in [0.29, 0.717) is 0 Å². The molecule has 2 aromatic rings. The van der Waals surface area contributed by atoms with Crippen LogP contribution in [0.15, 0.2) is 59.7 Å². The summed E-state index contributed by atoms with van der Waals surface area (Å²) in [7, 11) is 0. The minimum atomic E-state index is -0.887. The normalized spacial score (nSPS) is 22.1. The summed E-state index contributed by atoms with van der Waals surface area (Å²) in [5, 5.41) is 9.27. The van der Waals surface area contributed by atoms with Crippen LogP contribution in [0.5, 0.6) is 0 Å². The van der Waals surface area contributed by atoms with Gasteiger partial charge in [0.2, 0.25) is 0 Å². The average molecular weight is 366 g/mol. The summed E-state index contributed by atoms with van der Waals surface area (Å²) in [6, 6.07) is 17.4. The molecule has 98 valence electrons. The first-order valence-electron chi connectivity index (χ1n) is 6.24. The first-order valence-corrected chi connectivity index (χ1v) is 7.06. The summed E-state index contributed by atoms with van der Waals surface area (Å²) in [6.07, 6.45) is 0. The van der Waals surface area contributed by atoms with Crippen LogP contribution in [0.3, 0.4) is 0 Å². The third-order valence-corrected chi connectivity index (χ3v) is 4.70. The molecule has 0 fully saturated rings. The van der Waals surface area contributed by atoms with Crippen LogP contribution < -0.4 is 63.6 Å². The van der Waals surface area contributed by atoms with Crippen molar-refractivity contribution in [1.82, 2.24) is 5.43 Å². The second-order valence-electron chi connectivity index (χ2n) is 4.61. The topological polar surface area (TPSA) is 55.6 Å². The van der Waals surface area contributed by atoms with Crippen molar-refractivity contribution in [2.24, 2.45) is 5.10 Å². The van der Waals surface area contributed by atoms with Crippen LogP contribution in [0.4, 0.5) is 5.69 Å². The number of nitrogens with zero attached hydrogens (tertiary/aromatic N) is 2. The molecule has 2 aliphatic rings. The fraction of sp³-hybridized carbons (Fsp3) is 0.0667. The zero-order valence-electron chi connectivity index (χ0n) is 11.4. The molecule has 0 aliphatic carbocycles. The third-order valence-electron chi connectivity index (χ3n) is 3.39. The molecule has 1 spiro atoms. The first-order chi connectivity index (χ1) is 9.79. The van der Waals surface area contributed by atoms with Crippen molar-refractivity contribution >= 4 is 28.4 Å². The molecule has 2 heterocycles. The van der Waals surface area contributed by atoms with E-state index in [1.165, 1.54) is 11.8 Å². The number of hydrogen-bond acceptors (Lipinski definition) is 4. The summed E-state index contributed by atoms with van der Waals surface area (Å²) in [5.41, 5.74) is 5.60. The molecule has 4 nitrogen and oxygen atoms in total. The van der Waals surface area contributed by atoms with Crippen LogP contribution >= 0.6 is 11.8 Å². The van der Waals surface area contributed by atoms with Crippen LogP contribution in [0, 0.1) is 0 Å². The van der Waals surface area contributed by atoms with Gasteiger partial charge in [0.25, 0.3) is 0 Å². The van der Waals surface area contributed by atoms with Crippen molar-refractivity contribution in [3.63, 3.8) is 0 Å². The number of fused-ring (bicyclic) bond motifs is 2. The third kappa shape index (κ3) is 2.45. The molecule has 0 saturated heterocycles. The van der Waals surface area contributed by atoms with Crippen molar-refractivity contribution in [2.75, 3.05) is 0 Å². The molecule has 1 amide bonds. The van der Waals surface area contributed by atoms with Gasteiger partial charge < -0.3 is 10.1 Å². The van der Waals surface area contributed by atoms with Gasteiger partial charge >= 0.3 is 58.2 Å². The maximum atomic E-state index is 12.3. The Bertz CT molecular complexity index is 735. The predicted molar refractivity (Wildman–Crippen MR) is 79.9 cm³/mol. The van der Waals surface area contributed by atoms with Crippen LogP contribution in [-0.4, -0.2) is 11.0 Å². The first kappa shape index (κ1) is 15.4. The van der Waals surface area contributed by atoms with Gasteiger partial charge in [0.05, 0.1) is 5.91 Å². The van der Waals surface area contributed by atoms with E-state index in [2.05, 4.69) is 15.8 Å². The number of thioether (sulfide) groups is 1. The Morgan fingerprint density at radius 2 is 1.76 bits per heavy atom. The van der Waals surface area contributed by atoms with Crippen molar-refractivity contribution < 1.29 is 63.0 Å². The standard InChI is InChI=1S/C15H11N3OS.Rb/c19-14-15(11-8-4-5-9-12(11)16-14)18-17-13(20-15)10-6-2-1-3-7-10;/h1-9,18H,(H,16,19);/q;+1/p-1. The van der Waals surface area contributed by atoms with E-state index in [1.54, 1.807) is 0 Å². The van der Waals surface area contributed by atoms with Gasteiger partial charge in [-0.05, 0) is 5.56 Å². The zero-order chi connectivity index (χ0) is 13.6. The second-order valence-corrected chi connectivity index (χ2v) is 5.82. The van der Waals surface area contributed by atoms with Crippen LogP contribution in [0.1, 0.15) is 11.1 Å². The minimum Gasteiger partial charge on any atom is -0.623 e. The number of rotatable bonds is 1. The number of amides is 1. The largest absolute Gasteiger partial charge is 1.00 e. The molecule has 21 heavy (non-hydrogen) atoms. The van der Waals surface area contributed by atoms with Gasteiger partial charge in [-0.3, -0.25) is 5.43 Å². The van der Waals surface area contributed by atoms with E-state index in [0.717, 1.165) is 21.9 Å². The number of benzene rings is 2. The van der Waals surface area contributed by atoms with E-state index in [9.17, 15) is 4.79 Å². The van der Waals surface area contributed by atoms with Crippen LogP contribution in [0.2, 0.25) is 0 Å². The van der Waals surface area contributed by atoms with E-state index >= 15 is 0 Å². The molecule has 6 heteroatoms. The van der Waals surface area contributed by atoms with Crippen molar-refractivity contribution in [2.45, 2.75) is 4.87 Å². The van der Waals surface area contributed by atoms with Crippen molar-refractivity contribution in [3.05, 3.63) is 71.0 Å². The van der Waals surface area contributed by atoms with Gasteiger partial charge in [-0.15, -0.1) is 5.69 Å². The maximum Gasteiger partial charge on any atom is 1.00 e. The fourth-order valence-corrected chi connectivity index (χ4v) is 3.55. The molecular formula is C15H10N3ORbS. The number of hydrogen-bond donors (Lipinski definition) is 1. The molecule has 1 N–H and O–H groups in total. The molecule has 0 radical (unpaired) electrons. The number of carbonyl (C=O) groups excluding carboxylic acids is 1. The average Bonchev–Trinajstić information content (AvgIpc) is 3.05. The molecule has 1 unspecified atom stereocenters. The van der Waals surface area contributed by atoms with E-state index in [1.807, 2.05) is 54.6 Å². The molecule has 1 atom stereocenters. The summed E-state index contributed by atoms with van der Waals surface area (Å²) in [5.74, 6) is -0.196. The number of carbonyl (C=O) groups is 1. The number of nitrogens with one attached hydrogen (secondary N) is 1. The smallest absolute Gasteiger partial charge is 0.623 e. The van der Waals surface area contributed by atoms with Gasteiger partial charge in [0, 0.05) is 5.56 Å². The van der Waals surface area contributed by atoms with Crippen LogP contribution in [0.25, 0.3) is 5.32 Å². The Morgan fingerprint density at radius 3 is 2.57 bits per heavy atom. The van der Waals surface area contributed by atoms with Crippen molar-refractivity contribution in [3.8, 4) is 0 Å². The number of hydrazone groups is 1. The molecule has 0 bridgehead atoms. The van der Waals surface area contributed by atoms with Crippen molar-refractivity contribution in [1.29, 1.82) is 0 Å². The summed E-state index contributed by atoms with van der Waals surface area (Å²) < 4.78 is 0. The predicted octanol–water partition coefficient (Wildman–Crippen LogP) is 0.0870. The Balaban J connectivity index is 0.00000132. The minimum absolute atomic E-state index is 0. The molecule has 2 aromatic carbocycles. The Morgan fingerprint density at radius 1 is 1.05 bits per heavy atom. The maximum absolute atomic E-state index is 12.3. The van der Waals surface area contributed by atoms with Crippen LogP contribution in [-0.2, 0) is 9.67 Å². The van der Waals surface area contributed by atoms with E-state index in [-0.39, 0.29) is 64.1 Å². The SMILES string of the molecule is O=C1[N-]c2ccccc2C12NN=C(c1ccccc1)S2.[Rb+]. The summed E-state index contributed by atoms with van der Waals surface area (Å²) in [4.78, 5) is 11.4. The fourth-order valence-electron chi connectivity index (χ4n) is 2.40. The molecule has 4 rings (SSSR count). The quantitative estimate of drug-likeness (QED) is 0.779. The summed E-state index contributed by atoms with van der Waals surface area (Å²) in [6.45, 7) is 0.